The molecule has 5 heteroatoms. The molecule has 1 unspecified atom stereocenters. The summed E-state index contributed by atoms with van der Waals surface area (Å²) in [5, 5.41) is 3.07. The van der Waals surface area contributed by atoms with E-state index in [1.54, 1.807) is 39.5 Å². The van der Waals surface area contributed by atoms with Crippen LogP contribution < -0.4 is 19.5 Å². The first-order valence-corrected chi connectivity index (χ1v) is 9.03. The minimum atomic E-state index is -0.162. The van der Waals surface area contributed by atoms with Crippen molar-refractivity contribution in [1.29, 1.82) is 0 Å². The first-order chi connectivity index (χ1) is 12.8. The van der Waals surface area contributed by atoms with Gasteiger partial charge in [-0.25, -0.2) is 0 Å². The Morgan fingerprint density at radius 3 is 2.04 bits per heavy atom. The molecule has 1 atom stereocenters. The number of benzene rings is 2. The molecule has 0 aliphatic rings. The molecule has 2 aromatic rings. The summed E-state index contributed by atoms with van der Waals surface area (Å²) in [5.74, 6) is 2.16. The molecule has 0 bridgehead atoms. The fourth-order valence-electron chi connectivity index (χ4n) is 3.15. The summed E-state index contributed by atoms with van der Waals surface area (Å²) >= 11 is 0. The van der Waals surface area contributed by atoms with Crippen molar-refractivity contribution in [2.24, 2.45) is 0 Å². The first kappa shape index (κ1) is 20.6. The highest BCUT2D eigenvalue weighted by atomic mass is 16.5. The third kappa shape index (κ3) is 4.54. The molecule has 0 saturated carbocycles. The Balaban J connectivity index is 2.28. The molecule has 0 radical (unpaired) electrons. The van der Waals surface area contributed by atoms with Crippen LogP contribution in [0.4, 0.5) is 0 Å². The number of carbonyl (C=O) groups excluding carboxylic acids is 1. The molecule has 5 nitrogen and oxygen atoms in total. The molecule has 0 aliphatic carbocycles. The van der Waals surface area contributed by atoms with Crippen LogP contribution in [0, 0.1) is 6.92 Å². The standard InChI is InChI=1S/C22H29NO4/c1-13(2)17-12-18(14(3)10-20(17)26-6)15(4)23-22(24)16-8-9-19(25-5)21(11-16)27-7/h8-13,15H,1-7H3,(H,23,24). The molecule has 2 rings (SSSR count). The predicted octanol–water partition coefficient (Wildman–Crippen LogP) is 4.64. The van der Waals surface area contributed by atoms with E-state index >= 15 is 0 Å². The zero-order valence-corrected chi connectivity index (χ0v) is 17.2. The van der Waals surface area contributed by atoms with Crippen molar-refractivity contribution in [3.05, 3.63) is 52.6 Å². The fraction of sp³-hybridized carbons (Fsp3) is 0.409. The lowest BCUT2D eigenvalue weighted by molar-refractivity contribution is 0.0939. The van der Waals surface area contributed by atoms with Gasteiger partial charge in [0.05, 0.1) is 27.4 Å². The minimum Gasteiger partial charge on any atom is -0.496 e. The van der Waals surface area contributed by atoms with Gasteiger partial charge in [-0.1, -0.05) is 13.8 Å². The number of ether oxygens (including phenoxy) is 3. The third-order valence-corrected chi connectivity index (χ3v) is 4.70. The van der Waals surface area contributed by atoms with Crippen molar-refractivity contribution in [2.45, 2.75) is 39.7 Å². The van der Waals surface area contributed by atoms with Gasteiger partial charge in [0, 0.05) is 5.56 Å². The average Bonchev–Trinajstić information content (AvgIpc) is 2.66. The van der Waals surface area contributed by atoms with Crippen LogP contribution in [0.3, 0.4) is 0 Å². The highest BCUT2D eigenvalue weighted by molar-refractivity contribution is 5.95. The van der Waals surface area contributed by atoms with Gasteiger partial charge in [-0.05, 0) is 66.8 Å². The molecule has 2 aromatic carbocycles. The molecular formula is C22H29NO4. The second kappa shape index (κ2) is 8.80. The number of rotatable bonds is 7. The Morgan fingerprint density at radius 1 is 0.852 bits per heavy atom. The first-order valence-electron chi connectivity index (χ1n) is 9.03. The van der Waals surface area contributed by atoms with E-state index in [2.05, 4.69) is 25.2 Å². The van der Waals surface area contributed by atoms with Crippen molar-refractivity contribution in [3.63, 3.8) is 0 Å². The number of methoxy groups -OCH3 is 3. The van der Waals surface area contributed by atoms with E-state index in [0.717, 1.165) is 22.4 Å². The van der Waals surface area contributed by atoms with Crippen molar-refractivity contribution >= 4 is 5.91 Å². The Hall–Kier alpha value is -2.69. The lowest BCUT2D eigenvalue weighted by Crippen LogP contribution is -2.27. The Labute approximate surface area is 161 Å². The smallest absolute Gasteiger partial charge is 0.251 e. The van der Waals surface area contributed by atoms with Gasteiger partial charge < -0.3 is 19.5 Å². The second-order valence-electron chi connectivity index (χ2n) is 6.87. The number of hydrogen-bond acceptors (Lipinski definition) is 4. The van der Waals surface area contributed by atoms with E-state index in [1.807, 2.05) is 19.9 Å². The lowest BCUT2D eigenvalue weighted by Gasteiger charge is -2.21. The summed E-state index contributed by atoms with van der Waals surface area (Å²) in [6.45, 7) is 8.27. The van der Waals surface area contributed by atoms with Crippen LogP contribution in [0.5, 0.6) is 17.2 Å². The minimum absolute atomic E-state index is 0.144. The topological polar surface area (TPSA) is 56.8 Å². The Bertz CT molecular complexity index is 814. The molecule has 146 valence electrons. The van der Waals surface area contributed by atoms with Crippen molar-refractivity contribution in [3.8, 4) is 17.2 Å². The van der Waals surface area contributed by atoms with Gasteiger partial charge in [0.15, 0.2) is 11.5 Å². The molecule has 27 heavy (non-hydrogen) atoms. The summed E-state index contributed by atoms with van der Waals surface area (Å²) in [6, 6.07) is 9.15. The zero-order chi connectivity index (χ0) is 20.1. The van der Waals surface area contributed by atoms with Gasteiger partial charge >= 0.3 is 0 Å². The Kier molecular flexibility index (Phi) is 6.72. The quantitative estimate of drug-likeness (QED) is 0.771. The van der Waals surface area contributed by atoms with E-state index in [0.29, 0.717) is 23.0 Å². The fourth-order valence-corrected chi connectivity index (χ4v) is 3.15. The van der Waals surface area contributed by atoms with E-state index in [4.69, 9.17) is 14.2 Å². The van der Waals surface area contributed by atoms with Crippen molar-refractivity contribution in [2.75, 3.05) is 21.3 Å². The van der Waals surface area contributed by atoms with Gasteiger partial charge in [-0.3, -0.25) is 4.79 Å². The Morgan fingerprint density at radius 2 is 1.48 bits per heavy atom. The average molecular weight is 371 g/mol. The SMILES string of the molecule is COc1ccc(C(=O)NC(C)c2cc(C(C)C)c(OC)cc2C)cc1OC. The van der Waals surface area contributed by atoms with Crippen LogP contribution >= 0.6 is 0 Å². The molecule has 0 spiro atoms. The van der Waals surface area contributed by atoms with E-state index in [9.17, 15) is 4.79 Å². The lowest BCUT2D eigenvalue weighted by atomic mass is 9.93. The van der Waals surface area contributed by atoms with Gasteiger partial charge in [0.1, 0.15) is 5.75 Å². The van der Waals surface area contributed by atoms with Crippen LogP contribution in [0.2, 0.25) is 0 Å². The summed E-state index contributed by atoms with van der Waals surface area (Å²) in [5.41, 5.74) is 3.81. The normalized spacial score (nSPS) is 11.9. The van der Waals surface area contributed by atoms with Crippen LogP contribution in [-0.2, 0) is 0 Å². The molecule has 0 aliphatic heterocycles. The maximum atomic E-state index is 12.7. The van der Waals surface area contributed by atoms with Crippen LogP contribution in [0.25, 0.3) is 0 Å². The summed E-state index contributed by atoms with van der Waals surface area (Å²) in [6.07, 6.45) is 0. The molecule has 0 aromatic heterocycles. The molecular weight excluding hydrogens is 342 g/mol. The molecule has 1 N–H and O–H groups in total. The maximum absolute atomic E-state index is 12.7. The van der Waals surface area contributed by atoms with Gasteiger partial charge in [0.2, 0.25) is 0 Å². The number of amides is 1. The summed E-state index contributed by atoms with van der Waals surface area (Å²) < 4.78 is 16.0. The van der Waals surface area contributed by atoms with E-state index < -0.39 is 0 Å². The summed E-state index contributed by atoms with van der Waals surface area (Å²) in [7, 11) is 4.80. The van der Waals surface area contributed by atoms with Crippen LogP contribution in [0.15, 0.2) is 30.3 Å². The summed E-state index contributed by atoms with van der Waals surface area (Å²) in [4.78, 5) is 12.7. The zero-order valence-electron chi connectivity index (χ0n) is 17.2. The second-order valence-corrected chi connectivity index (χ2v) is 6.87. The number of aryl methyl sites for hydroxylation is 1. The maximum Gasteiger partial charge on any atom is 0.251 e. The van der Waals surface area contributed by atoms with E-state index in [1.165, 1.54) is 0 Å². The monoisotopic (exact) mass is 371 g/mol. The number of nitrogens with one attached hydrogen (secondary N) is 1. The number of hydrogen-bond donors (Lipinski definition) is 1. The third-order valence-electron chi connectivity index (χ3n) is 4.70. The predicted molar refractivity (Wildman–Crippen MR) is 107 cm³/mol. The van der Waals surface area contributed by atoms with Crippen molar-refractivity contribution in [1.82, 2.24) is 5.32 Å². The molecule has 1 amide bonds. The molecule has 0 heterocycles. The van der Waals surface area contributed by atoms with Gasteiger partial charge in [0.25, 0.3) is 5.91 Å². The van der Waals surface area contributed by atoms with Crippen molar-refractivity contribution < 1.29 is 19.0 Å². The number of carbonyl (C=O) groups is 1. The highest BCUT2D eigenvalue weighted by Crippen LogP contribution is 2.32. The highest BCUT2D eigenvalue weighted by Gasteiger charge is 2.18. The van der Waals surface area contributed by atoms with Crippen LogP contribution in [0.1, 0.15) is 59.8 Å². The molecule has 0 saturated heterocycles. The van der Waals surface area contributed by atoms with Crippen LogP contribution in [-0.4, -0.2) is 27.2 Å². The van der Waals surface area contributed by atoms with E-state index in [-0.39, 0.29) is 11.9 Å². The van der Waals surface area contributed by atoms with Gasteiger partial charge in [-0.2, -0.15) is 0 Å². The molecule has 0 fully saturated rings. The largest absolute Gasteiger partial charge is 0.496 e. The van der Waals surface area contributed by atoms with Gasteiger partial charge in [-0.15, -0.1) is 0 Å².